The van der Waals surface area contributed by atoms with E-state index in [-0.39, 0.29) is 17.7 Å². The second kappa shape index (κ2) is 6.26. The monoisotopic (exact) mass is 340 g/mol. The first-order valence-electron chi connectivity index (χ1n) is 6.45. The van der Waals surface area contributed by atoms with E-state index in [1.54, 1.807) is 30.2 Å². The van der Waals surface area contributed by atoms with Gasteiger partial charge in [0.1, 0.15) is 5.75 Å². The maximum Gasteiger partial charge on any atom is 0.255 e. The molecule has 2 N–H and O–H groups in total. The quantitative estimate of drug-likeness (QED) is 0.911. The van der Waals surface area contributed by atoms with Gasteiger partial charge in [0.05, 0.1) is 12.7 Å². The Morgan fingerprint density at radius 3 is 2.55 bits per heavy atom. The molecule has 1 aliphatic heterocycles. The Morgan fingerprint density at radius 1 is 1.35 bits per heavy atom. The number of benzene rings is 1. The summed E-state index contributed by atoms with van der Waals surface area (Å²) in [6, 6.07) is 5.30. The van der Waals surface area contributed by atoms with Gasteiger partial charge in [-0.25, -0.2) is 0 Å². The first kappa shape index (κ1) is 14.8. The highest BCUT2D eigenvalue weighted by molar-refractivity contribution is 9.10. The van der Waals surface area contributed by atoms with E-state index >= 15 is 0 Å². The van der Waals surface area contributed by atoms with Crippen LogP contribution >= 0.6 is 15.9 Å². The van der Waals surface area contributed by atoms with Gasteiger partial charge in [-0.2, -0.15) is 0 Å². The standard InChI is InChI=1S/C14H17BrN2O3/c1-20-10-2-3-12(15)11(8-10)14(19)17-6-4-9(5-7-17)13(16)18/h2-3,8-9H,4-7H2,1H3,(H2,16,18). The fourth-order valence-corrected chi connectivity index (χ4v) is 2.75. The maximum atomic E-state index is 12.5. The summed E-state index contributed by atoms with van der Waals surface area (Å²) in [4.78, 5) is 25.4. The minimum Gasteiger partial charge on any atom is -0.497 e. The van der Waals surface area contributed by atoms with Crippen molar-refractivity contribution in [3.05, 3.63) is 28.2 Å². The smallest absolute Gasteiger partial charge is 0.255 e. The first-order valence-corrected chi connectivity index (χ1v) is 7.24. The number of ether oxygens (including phenoxy) is 1. The van der Waals surface area contributed by atoms with E-state index in [1.165, 1.54) is 0 Å². The molecule has 2 amide bonds. The Kier molecular flexibility index (Phi) is 4.65. The lowest BCUT2D eigenvalue weighted by atomic mass is 9.96. The Bertz CT molecular complexity index is 525. The molecule has 1 aliphatic rings. The van der Waals surface area contributed by atoms with Crippen LogP contribution in [0.4, 0.5) is 0 Å². The third kappa shape index (κ3) is 3.12. The fraction of sp³-hybridized carbons (Fsp3) is 0.429. The second-order valence-electron chi connectivity index (χ2n) is 4.81. The lowest BCUT2D eigenvalue weighted by molar-refractivity contribution is -0.123. The van der Waals surface area contributed by atoms with E-state index in [9.17, 15) is 9.59 Å². The number of likely N-dealkylation sites (tertiary alicyclic amines) is 1. The number of halogens is 1. The Labute approximate surface area is 126 Å². The molecule has 6 heteroatoms. The number of hydrogen-bond donors (Lipinski definition) is 1. The molecule has 1 aromatic carbocycles. The van der Waals surface area contributed by atoms with Crippen molar-refractivity contribution in [1.29, 1.82) is 0 Å². The molecule has 0 bridgehead atoms. The summed E-state index contributed by atoms with van der Waals surface area (Å²) in [7, 11) is 1.57. The molecule has 0 saturated carbocycles. The molecule has 0 aromatic heterocycles. The van der Waals surface area contributed by atoms with Gasteiger partial charge in [0.15, 0.2) is 0 Å². The van der Waals surface area contributed by atoms with Gasteiger partial charge in [0.2, 0.25) is 5.91 Å². The molecular weight excluding hydrogens is 324 g/mol. The number of nitrogens with zero attached hydrogens (tertiary/aromatic N) is 1. The van der Waals surface area contributed by atoms with Crippen molar-refractivity contribution in [2.75, 3.05) is 20.2 Å². The number of rotatable bonds is 3. The average Bonchev–Trinajstić information content (AvgIpc) is 2.47. The van der Waals surface area contributed by atoms with E-state index in [4.69, 9.17) is 10.5 Å². The highest BCUT2D eigenvalue weighted by Gasteiger charge is 2.27. The van der Waals surface area contributed by atoms with Crippen molar-refractivity contribution in [1.82, 2.24) is 4.90 Å². The summed E-state index contributed by atoms with van der Waals surface area (Å²) >= 11 is 3.38. The van der Waals surface area contributed by atoms with Crippen molar-refractivity contribution in [3.63, 3.8) is 0 Å². The van der Waals surface area contributed by atoms with Gasteiger partial charge in [0, 0.05) is 23.5 Å². The van der Waals surface area contributed by atoms with Gasteiger partial charge < -0.3 is 15.4 Å². The van der Waals surface area contributed by atoms with Crippen molar-refractivity contribution < 1.29 is 14.3 Å². The van der Waals surface area contributed by atoms with Crippen LogP contribution in [0.5, 0.6) is 5.75 Å². The first-order chi connectivity index (χ1) is 9.52. The van der Waals surface area contributed by atoms with Gasteiger partial charge in [-0.1, -0.05) is 0 Å². The van der Waals surface area contributed by atoms with Crippen LogP contribution in [-0.4, -0.2) is 36.9 Å². The van der Waals surface area contributed by atoms with Crippen LogP contribution in [0.25, 0.3) is 0 Å². The highest BCUT2D eigenvalue weighted by atomic mass is 79.9. The van der Waals surface area contributed by atoms with Gasteiger partial charge >= 0.3 is 0 Å². The second-order valence-corrected chi connectivity index (χ2v) is 5.67. The van der Waals surface area contributed by atoms with Gasteiger partial charge in [-0.05, 0) is 47.0 Å². The molecule has 0 unspecified atom stereocenters. The number of primary amides is 1. The third-order valence-corrected chi connectivity index (χ3v) is 4.28. The summed E-state index contributed by atoms with van der Waals surface area (Å²) in [6.07, 6.45) is 1.26. The molecule has 5 nitrogen and oxygen atoms in total. The molecular formula is C14H17BrN2O3. The van der Waals surface area contributed by atoms with Crippen LogP contribution in [0.3, 0.4) is 0 Å². The molecule has 0 aliphatic carbocycles. The summed E-state index contributed by atoms with van der Waals surface area (Å²) in [5.74, 6) is 0.190. The van der Waals surface area contributed by atoms with Gasteiger partial charge in [-0.3, -0.25) is 9.59 Å². The molecule has 1 aromatic rings. The minimum atomic E-state index is -0.278. The summed E-state index contributed by atoms with van der Waals surface area (Å²) < 4.78 is 5.88. The number of hydrogen-bond acceptors (Lipinski definition) is 3. The molecule has 1 saturated heterocycles. The predicted molar refractivity (Wildman–Crippen MR) is 78.5 cm³/mol. The summed E-state index contributed by atoms with van der Waals surface area (Å²) in [6.45, 7) is 1.10. The van der Waals surface area contributed by atoms with E-state index in [1.807, 2.05) is 0 Å². The van der Waals surface area contributed by atoms with Crippen LogP contribution in [0, 0.1) is 5.92 Å². The predicted octanol–water partition coefficient (Wildman–Crippen LogP) is 1.80. The lowest BCUT2D eigenvalue weighted by Gasteiger charge is -2.30. The largest absolute Gasteiger partial charge is 0.497 e. The molecule has 0 spiro atoms. The maximum absolute atomic E-state index is 12.5. The summed E-state index contributed by atoms with van der Waals surface area (Å²) in [5, 5.41) is 0. The van der Waals surface area contributed by atoms with Crippen molar-refractivity contribution in [2.24, 2.45) is 11.7 Å². The Hall–Kier alpha value is -1.56. The van der Waals surface area contributed by atoms with Crippen molar-refractivity contribution >= 4 is 27.7 Å². The zero-order valence-electron chi connectivity index (χ0n) is 11.3. The number of methoxy groups -OCH3 is 1. The number of carbonyl (C=O) groups is 2. The summed E-state index contributed by atoms with van der Waals surface area (Å²) in [5.41, 5.74) is 5.87. The number of piperidine rings is 1. The number of carbonyl (C=O) groups excluding carboxylic acids is 2. The fourth-order valence-electron chi connectivity index (χ4n) is 2.33. The zero-order chi connectivity index (χ0) is 14.7. The molecule has 108 valence electrons. The molecule has 0 atom stereocenters. The third-order valence-electron chi connectivity index (χ3n) is 3.59. The molecule has 20 heavy (non-hydrogen) atoms. The molecule has 1 heterocycles. The van der Waals surface area contributed by atoms with E-state index in [0.29, 0.717) is 37.2 Å². The zero-order valence-corrected chi connectivity index (χ0v) is 12.9. The van der Waals surface area contributed by atoms with E-state index < -0.39 is 0 Å². The van der Waals surface area contributed by atoms with E-state index in [0.717, 1.165) is 4.47 Å². The SMILES string of the molecule is COc1ccc(Br)c(C(=O)N2CCC(C(N)=O)CC2)c1. The van der Waals surface area contributed by atoms with Crippen LogP contribution in [0.15, 0.2) is 22.7 Å². The van der Waals surface area contributed by atoms with Crippen molar-refractivity contribution in [3.8, 4) is 5.75 Å². The number of amides is 2. The van der Waals surface area contributed by atoms with Gasteiger partial charge in [-0.15, -0.1) is 0 Å². The van der Waals surface area contributed by atoms with Crippen LogP contribution < -0.4 is 10.5 Å². The average molecular weight is 341 g/mol. The van der Waals surface area contributed by atoms with Crippen molar-refractivity contribution in [2.45, 2.75) is 12.8 Å². The normalized spacial score (nSPS) is 16.0. The Morgan fingerprint density at radius 2 is 2.00 bits per heavy atom. The molecule has 1 fully saturated rings. The van der Waals surface area contributed by atoms with Crippen LogP contribution in [-0.2, 0) is 4.79 Å². The van der Waals surface area contributed by atoms with E-state index in [2.05, 4.69) is 15.9 Å². The minimum absolute atomic E-state index is 0.0568. The topological polar surface area (TPSA) is 72.6 Å². The van der Waals surface area contributed by atoms with Gasteiger partial charge in [0.25, 0.3) is 5.91 Å². The number of nitrogens with two attached hydrogens (primary N) is 1. The Balaban J connectivity index is 2.11. The van der Waals surface area contributed by atoms with Crippen LogP contribution in [0.1, 0.15) is 23.2 Å². The molecule has 2 rings (SSSR count). The molecule has 0 radical (unpaired) electrons. The lowest BCUT2D eigenvalue weighted by Crippen LogP contribution is -2.41. The highest BCUT2D eigenvalue weighted by Crippen LogP contribution is 2.26. The van der Waals surface area contributed by atoms with Crippen LogP contribution in [0.2, 0.25) is 0 Å².